The molecule has 0 aromatic carbocycles. The third-order valence-electron chi connectivity index (χ3n) is 3.08. The van der Waals surface area contributed by atoms with Gasteiger partial charge in [-0.05, 0) is 6.92 Å². The maximum Gasteiger partial charge on any atom is 0.407 e. The molecule has 4 heteroatoms. The number of nitrogens with zero attached hydrogens (tertiary/aromatic N) is 1. The molecule has 14 heavy (non-hydrogen) atoms. The standard InChI is InChI=1S/C10H16N2O2/c1-8(2)12-5-3-10(4-6-12)7-11-9(13)14-10/h1,3-7H2,2H3,(H,11,13). The molecule has 0 saturated carbocycles. The van der Waals surface area contributed by atoms with Gasteiger partial charge in [-0.1, -0.05) is 6.58 Å². The molecule has 2 aliphatic heterocycles. The molecule has 2 heterocycles. The van der Waals surface area contributed by atoms with Crippen LogP contribution in [-0.2, 0) is 4.74 Å². The van der Waals surface area contributed by atoms with Crippen LogP contribution in [0.2, 0.25) is 0 Å². The lowest BCUT2D eigenvalue weighted by atomic mass is 9.91. The summed E-state index contributed by atoms with van der Waals surface area (Å²) >= 11 is 0. The van der Waals surface area contributed by atoms with Crippen LogP contribution < -0.4 is 5.32 Å². The van der Waals surface area contributed by atoms with E-state index in [1.807, 2.05) is 6.92 Å². The number of hydrogen-bond donors (Lipinski definition) is 1. The summed E-state index contributed by atoms with van der Waals surface area (Å²) in [5, 5.41) is 2.72. The summed E-state index contributed by atoms with van der Waals surface area (Å²) in [6.45, 7) is 8.45. The van der Waals surface area contributed by atoms with Crippen molar-refractivity contribution in [3.8, 4) is 0 Å². The van der Waals surface area contributed by atoms with Crippen molar-refractivity contribution in [3.05, 3.63) is 12.3 Å². The van der Waals surface area contributed by atoms with Crippen molar-refractivity contribution in [3.63, 3.8) is 0 Å². The molecule has 4 nitrogen and oxygen atoms in total. The van der Waals surface area contributed by atoms with Crippen LogP contribution in [0.25, 0.3) is 0 Å². The van der Waals surface area contributed by atoms with Gasteiger partial charge >= 0.3 is 6.09 Å². The molecule has 0 aliphatic carbocycles. The number of ether oxygens (including phenoxy) is 1. The molecule has 2 fully saturated rings. The van der Waals surface area contributed by atoms with Gasteiger partial charge in [0.25, 0.3) is 0 Å². The molecule has 0 aromatic heterocycles. The molecule has 2 saturated heterocycles. The first-order chi connectivity index (χ1) is 6.61. The molecule has 1 spiro atoms. The van der Waals surface area contributed by atoms with Gasteiger partial charge in [-0.25, -0.2) is 4.79 Å². The van der Waals surface area contributed by atoms with Gasteiger partial charge in [0.1, 0.15) is 5.60 Å². The highest BCUT2D eigenvalue weighted by Crippen LogP contribution is 2.30. The van der Waals surface area contributed by atoms with Crippen molar-refractivity contribution in [1.82, 2.24) is 10.2 Å². The van der Waals surface area contributed by atoms with E-state index in [0.29, 0.717) is 6.54 Å². The molecule has 0 unspecified atom stereocenters. The van der Waals surface area contributed by atoms with E-state index in [-0.39, 0.29) is 11.7 Å². The summed E-state index contributed by atoms with van der Waals surface area (Å²) in [6, 6.07) is 0. The van der Waals surface area contributed by atoms with E-state index in [4.69, 9.17) is 4.74 Å². The van der Waals surface area contributed by atoms with Crippen LogP contribution in [0, 0.1) is 0 Å². The summed E-state index contributed by atoms with van der Waals surface area (Å²) in [5.74, 6) is 0. The molecule has 2 aliphatic rings. The third kappa shape index (κ3) is 1.56. The lowest BCUT2D eigenvalue weighted by Crippen LogP contribution is -2.45. The Morgan fingerprint density at radius 2 is 2.21 bits per heavy atom. The van der Waals surface area contributed by atoms with Crippen molar-refractivity contribution in [2.75, 3.05) is 19.6 Å². The first kappa shape index (κ1) is 9.37. The molecule has 0 radical (unpaired) electrons. The number of likely N-dealkylation sites (tertiary alicyclic amines) is 1. The Morgan fingerprint density at radius 3 is 2.64 bits per heavy atom. The highest BCUT2D eigenvalue weighted by Gasteiger charge is 2.42. The Morgan fingerprint density at radius 1 is 1.57 bits per heavy atom. The maximum absolute atomic E-state index is 11.0. The zero-order chi connectivity index (χ0) is 10.2. The van der Waals surface area contributed by atoms with Crippen LogP contribution >= 0.6 is 0 Å². The van der Waals surface area contributed by atoms with E-state index in [9.17, 15) is 4.79 Å². The minimum atomic E-state index is -0.270. The molecule has 1 amide bonds. The minimum Gasteiger partial charge on any atom is -0.441 e. The summed E-state index contributed by atoms with van der Waals surface area (Å²) in [4.78, 5) is 13.2. The van der Waals surface area contributed by atoms with Crippen LogP contribution in [-0.4, -0.2) is 36.2 Å². The third-order valence-corrected chi connectivity index (χ3v) is 3.08. The maximum atomic E-state index is 11.0. The van der Waals surface area contributed by atoms with Gasteiger partial charge in [0.2, 0.25) is 0 Å². The predicted molar refractivity (Wildman–Crippen MR) is 52.8 cm³/mol. The Bertz CT molecular complexity index is 267. The fourth-order valence-electron chi connectivity index (χ4n) is 2.08. The molecule has 2 rings (SSSR count). The zero-order valence-corrected chi connectivity index (χ0v) is 8.51. The Balaban J connectivity index is 1.95. The molecule has 78 valence electrons. The molecule has 0 aromatic rings. The summed E-state index contributed by atoms with van der Waals surface area (Å²) < 4.78 is 5.31. The van der Waals surface area contributed by atoms with Crippen LogP contribution in [0.1, 0.15) is 19.8 Å². The number of rotatable bonds is 1. The van der Waals surface area contributed by atoms with Gasteiger partial charge in [0.15, 0.2) is 0 Å². The summed E-state index contributed by atoms with van der Waals surface area (Å²) in [6.07, 6.45) is 1.53. The fourth-order valence-corrected chi connectivity index (χ4v) is 2.08. The minimum absolute atomic E-state index is 0.233. The largest absolute Gasteiger partial charge is 0.441 e. The van der Waals surface area contributed by atoms with Gasteiger partial charge in [-0.3, -0.25) is 0 Å². The molecular formula is C10H16N2O2. The number of carbonyl (C=O) groups is 1. The molecule has 0 atom stereocenters. The van der Waals surface area contributed by atoms with Gasteiger partial charge in [-0.15, -0.1) is 0 Å². The van der Waals surface area contributed by atoms with Gasteiger partial charge in [0.05, 0.1) is 6.54 Å². The molecule has 0 bridgehead atoms. The fraction of sp³-hybridized carbons (Fsp3) is 0.700. The van der Waals surface area contributed by atoms with E-state index in [1.165, 1.54) is 0 Å². The van der Waals surface area contributed by atoms with E-state index < -0.39 is 0 Å². The Kier molecular flexibility index (Phi) is 2.13. The lowest BCUT2D eigenvalue weighted by Gasteiger charge is -2.38. The van der Waals surface area contributed by atoms with E-state index >= 15 is 0 Å². The number of allylic oxidation sites excluding steroid dienone is 1. The zero-order valence-electron chi connectivity index (χ0n) is 8.51. The van der Waals surface area contributed by atoms with Gasteiger partial charge in [0, 0.05) is 31.6 Å². The van der Waals surface area contributed by atoms with E-state index in [2.05, 4.69) is 16.8 Å². The average molecular weight is 196 g/mol. The van der Waals surface area contributed by atoms with Crippen LogP contribution in [0.3, 0.4) is 0 Å². The second kappa shape index (κ2) is 3.19. The topological polar surface area (TPSA) is 41.6 Å². The van der Waals surface area contributed by atoms with Crippen LogP contribution in [0.5, 0.6) is 0 Å². The van der Waals surface area contributed by atoms with Crippen molar-refractivity contribution in [2.45, 2.75) is 25.4 Å². The average Bonchev–Trinajstić information content (AvgIpc) is 2.48. The van der Waals surface area contributed by atoms with E-state index in [0.717, 1.165) is 31.6 Å². The number of amides is 1. The monoisotopic (exact) mass is 196 g/mol. The quantitative estimate of drug-likeness (QED) is 0.682. The number of carbonyl (C=O) groups excluding carboxylic acids is 1. The summed E-state index contributed by atoms with van der Waals surface area (Å²) in [7, 11) is 0. The Hall–Kier alpha value is -1.19. The second-order valence-electron chi connectivity index (χ2n) is 4.15. The van der Waals surface area contributed by atoms with E-state index in [1.54, 1.807) is 0 Å². The second-order valence-corrected chi connectivity index (χ2v) is 4.15. The van der Waals surface area contributed by atoms with Crippen LogP contribution in [0.4, 0.5) is 4.79 Å². The molecular weight excluding hydrogens is 180 g/mol. The summed E-state index contributed by atoms with van der Waals surface area (Å²) in [5.41, 5.74) is 0.861. The SMILES string of the molecule is C=C(C)N1CCC2(CC1)CNC(=O)O2. The normalized spacial score (nSPS) is 24.6. The highest BCUT2D eigenvalue weighted by molar-refractivity contribution is 5.70. The first-order valence-electron chi connectivity index (χ1n) is 4.99. The number of alkyl carbamates (subject to hydrolysis) is 1. The van der Waals surface area contributed by atoms with Crippen molar-refractivity contribution < 1.29 is 9.53 Å². The number of piperidine rings is 1. The van der Waals surface area contributed by atoms with Gasteiger partial charge < -0.3 is 15.0 Å². The first-order valence-corrected chi connectivity index (χ1v) is 4.99. The van der Waals surface area contributed by atoms with Crippen molar-refractivity contribution >= 4 is 6.09 Å². The van der Waals surface area contributed by atoms with Gasteiger partial charge in [-0.2, -0.15) is 0 Å². The highest BCUT2D eigenvalue weighted by atomic mass is 16.6. The van der Waals surface area contributed by atoms with Crippen molar-refractivity contribution in [2.24, 2.45) is 0 Å². The van der Waals surface area contributed by atoms with Crippen LogP contribution in [0.15, 0.2) is 12.3 Å². The van der Waals surface area contributed by atoms with Crippen molar-refractivity contribution in [1.29, 1.82) is 0 Å². The number of nitrogens with one attached hydrogen (secondary N) is 1. The lowest BCUT2D eigenvalue weighted by molar-refractivity contribution is 0.00862. The predicted octanol–water partition coefficient (Wildman–Crippen LogP) is 1.09. The molecule has 1 N–H and O–H groups in total. The Labute approximate surface area is 83.9 Å². The number of hydrogen-bond acceptors (Lipinski definition) is 3. The smallest absolute Gasteiger partial charge is 0.407 e.